The van der Waals surface area contributed by atoms with Crippen LogP contribution in [0.1, 0.15) is 16.8 Å². The van der Waals surface area contributed by atoms with Crippen molar-refractivity contribution < 1.29 is 17.5 Å². The molecule has 4 aromatic heterocycles. The van der Waals surface area contributed by atoms with Crippen molar-refractivity contribution in [2.45, 2.75) is 24.9 Å². The van der Waals surface area contributed by atoms with Crippen molar-refractivity contribution in [3.63, 3.8) is 0 Å². The largest absolute Gasteiger partial charge is 0.493 e. The highest BCUT2D eigenvalue weighted by molar-refractivity contribution is 7.90. The van der Waals surface area contributed by atoms with Crippen LogP contribution in [0.5, 0.6) is 5.75 Å². The summed E-state index contributed by atoms with van der Waals surface area (Å²) in [5.74, 6) is 0.660. The Morgan fingerprint density at radius 1 is 1.14 bits per heavy atom. The van der Waals surface area contributed by atoms with Crippen LogP contribution in [0.4, 0.5) is 10.3 Å². The summed E-state index contributed by atoms with van der Waals surface area (Å²) in [7, 11) is -3.67. The predicted octanol–water partition coefficient (Wildman–Crippen LogP) is 2.84. The third-order valence-corrected chi connectivity index (χ3v) is 7.15. The molecule has 6 rings (SSSR count). The highest BCUT2D eigenvalue weighted by Crippen LogP contribution is 2.34. The molecule has 1 aromatic carbocycles. The van der Waals surface area contributed by atoms with Crippen LogP contribution in [-0.4, -0.2) is 50.2 Å². The molecule has 1 aliphatic rings. The number of hydrogen-bond acceptors (Lipinski definition) is 8. The standard InChI is InChI=1S/C23H20FN7O3S/c1-13-3-4-15(21-27-11-29-31(13)21)17-10-26-23(30-12-28-22(20(17)30)35(2,32)33)25-9-16-14-7-8-34-19(14)6-5-18(16)24/h3-6,10-12H,7-9H2,1-2H3,(H,25,26). The third-order valence-electron chi connectivity index (χ3n) is 6.15. The zero-order valence-electron chi connectivity index (χ0n) is 18.9. The van der Waals surface area contributed by atoms with Gasteiger partial charge in [0, 0.05) is 53.4 Å². The van der Waals surface area contributed by atoms with E-state index < -0.39 is 9.84 Å². The van der Waals surface area contributed by atoms with Crippen LogP contribution in [0.25, 0.3) is 22.3 Å². The number of nitrogens with zero attached hydrogens (tertiary/aromatic N) is 6. The first-order chi connectivity index (χ1) is 16.8. The smallest absolute Gasteiger partial charge is 0.209 e. The highest BCUT2D eigenvalue weighted by atomic mass is 32.2. The molecule has 0 fully saturated rings. The summed E-state index contributed by atoms with van der Waals surface area (Å²) < 4.78 is 48.6. The Morgan fingerprint density at radius 3 is 2.83 bits per heavy atom. The Labute approximate surface area is 199 Å². The molecule has 12 heteroatoms. The first-order valence-electron chi connectivity index (χ1n) is 10.9. The van der Waals surface area contributed by atoms with E-state index in [4.69, 9.17) is 4.74 Å². The number of ether oxygens (including phenoxy) is 1. The van der Waals surface area contributed by atoms with E-state index in [1.807, 2.05) is 19.1 Å². The van der Waals surface area contributed by atoms with Crippen LogP contribution in [0.3, 0.4) is 0 Å². The van der Waals surface area contributed by atoms with Gasteiger partial charge in [0.25, 0.3) is 0 Å². The van der Waals surface area contributed by atoms with Crippen molar-refractivity contribution in [2.75, 3.05) is 18.2 Å². The van der Waals surface area contributed by atoms with E-state index in [1.54, 1.807) is 21.2 Å². The highest BCUT2D eigenvalue weighted by Gasteiger charge is 2.24. The van der Waals surface area contributed by atoms with E-state index in [-0.39, 0.29) is 17.4 Å². The number of pyridine rings is 1. The topological polar surface area (TPSA) is 116 Å². The van der Waals surface area contributed by atoms with E-state index >= 15 is 0 Å². The molecule has 35 heavy (non-hydrogen) atoms. The second kappa shape index (κ2) is 7.73. The molecule has 178 valence electrons. The van der Waals surface area contributed by atoms with Gasteiger partial charge >= 0.3 is 0 Å². The Hall–Kier alpha value is -4.06. The van der Waals surface area contributed by atoms with E-state index in [9.17, 15) is 12.8 Å². The molecule has 0 saturated carbocycles. The van der Waals surface area contributed by atoms with E-state index in [0.29, 0.717) is 52.6 Å². The van der Waals surface area contributed by atoms with Crippen molar-refractivity contribution in [3.05, 3.63) is 65.8 Å². The molecule has 5 heterocycles. The molecule has 1 N–H and O–H groups in total. The zero-order valence-corrected chi connectivity index (χ0v) is 19.7. The van der Waals surface area contributed by atoms with Gasteiger partial charge in [-0.1, -0.05) is 0 Å². The maximum Gasteiger partial charge on any atom is 0.209 e. The summed E-state index contributed by atoms with van der Waals surface area (Å²) in [4.78, 5) is 13.1. The van der Waals surface area contributed by atoms with Gasteiger partial charge in [0.2, 0.25) is 5.95 Å². The maximum absolute atomic E-state index is 14.6. The molecule has 0 bridgehead atoms. The monoisotopic (exact) mass is 493 g/mol. The van der Waals surface area contributed by atoms with Gasteiger partial charge in [0.1, 0.15) is 24.2 Å². The van der Waals surface area contributed by atoms with Crippen LogP contribution in [-0.2, 0) is 22.8 Å². The summed E-state index contributed by atoms with van der Waals surface area (Å²) in [5.41, 5.74) is 4.30. The first kappa shape index (κ1) is 21.5. The SMILES string of the molecule is Cc1ccc(-c2cnc(NCc3c(F)ccc4c3CCO4)n3cnc(S(C)(=O)=O)c23)c2ncnn12. The number of hydrogen-bond donors (Lipinski definition) is 1. The van der Waals surface area contributed by atoms with Gasteiger partial charge in [-0.15, -0.1) is 0 Å². The van der Waals surface area contributed by atoms with Gasteiger partial charge in [0.05, 0.1) is 12.1 Å². The van der Waals surface area contributed by atoms with Gasteiger partial charge in [-0.3, -0.25) is 4.40 Å². The lowest BCUT2D eigenvalue weighted by atomic mass is 10.0. The van der Waals surface area contributed by atoms with E-state index in [1.165, 1.54) is 18.7 Å². The maximum atomic E-state index is 14.6. The molecule has 0 amide bonds. The molecular weight excluding hydrogens is 473 g/mol. The second-order valence-corrected chi connectivity index (χ2v) is 10.3. The number of aromatic nitrogens is 6. The first-order valence-corrected chi connectivity index (χ1v) is 12.7. The van der Waals surface area contributed by atoms with Gasteiger partial charge < -0.3 is 10.1 Å². The average Bonchev–Trinajstić information content (AvgIpc) is 3.57. The van der Waals surface area contributed by atoms with E-state index in [0.717, 1.165) is 17.5 Å². The molecule has 5 aromatic rings. The van der Waals surface area contributed by atoms with E-state index in [2.05, 4.69) is 25.4 Å². The molecular formula is C23H20FN7O3S. The Balaban J connectivity index is 1.50. The van der Waals surface area contributed by atoms with Crippen LogP contribution < -0.4 is 10.1 Å². The molecule has 10 nitrogen and oxygen atoms in total. The minimum Gasteiger partial charge on any atom is -0.493 e. The van der Waals surface area contributed by atoms with Crippen molar-refractivity contribution in [1.82, 2.24) is 29.0 Å². The predicted molar refractivity (Wildman–Crippen MR) is 126 cm³/mol. The Morgan fingerprint density at radius 2 is 2.00 bits per heavy atom. The lowest BCUT2D eigenvalue weighted by molar-refractivity contribution is 0.356. The number of aryl methyl sites for hydroxylation is 1. The Bertz CT molecular complexity index is 1740. The summed E-state index contributed by atoms with van der Waals surface area (Å²) in [6.07, 6.45) is 6.14. The van der Waals surface area contributed by atoms with Crippen LogP contribution in [0, 0.1) is 12.7 Å². The molecule has 0 radical (unpaired) electrons. The van der Waals surface area contributed by atoms with Crippen molar-refractivity contribution in [1.29, 1.82) is 0 Å². The van der Waals surface area contributed by atoms with Crippen LogP contribution in [0.2, 0.25) is 0 Å². The fourth-order valence-corrected chi connectivity index (χ4v) is 5.30. The number of fused-ring (bicyclic) bond motifs is 3. The van der Waals surface area contributed by atoms with Gasteiger partial charge in [-0.2, -0.15) is 5.10 Å². The van der Waals surface area contributed by atoms with Gasteiger partial charge in [-0.25, -0.2) is 32.3 Å². The number of imidazole rings is 1. The fourth-order valence-electron chi connectivity index (χ4n) is 4.50. The van der Waals surface area contributed by atoms with Crippen molar-refractivity contribution in [2.24, 2.45) is 0 Å². The molecule has 0 aliphatic carbocycles. The number of benzene rings is 1. The minimum atomic E-state index is -3.67. The molecule has 0 unspecified atom stereocenters. The lowest BCUT2D eigenvalue weighted by Gasteiger charge is -2.14. The second-order valence-electron chi connectivity index (χ2n) is 8.37. The van der Waals surface area contributed by atoms with Crippen molar-refractivity contribution >= 4 is 26.9 Å². The van der Waals surface area contributed by atoms with Crippen LogP contribution in [0.15, 0.2) is 48.1 Å². The number of halogens is 1. The summed E-state index contributed by atoms with van der Waals surface area (Å²) in [6, 6.07) is 6.74. The fraction of sp³-hybridized carbons (Fsp3) is 0.217. The molecule has 0 saturated heterocycles. The molecule has 0 atom stereocenters. The lowest BCUT2D eigenvalue weighted by Crippen LogP contribution is -2.10. The number of sulfone groups is 1. The van der Waals surface area contributed by atoms with Crippen LogP contribution >= 0.6 is 0 Å². The number of nitrogens with one attached hydrogen (secondary N) is 1. The minimum absolute atomic E-state index is 0.0867. The van der Waals surface area contributed by atoms with Gasteiger partial charge in [0.15, 0.2) is 20.5 Å². The third kappa shape index (κ3) is 3.40. The van der Waals surface area contributed by atoms with Crippen molar-refractivity contribution in [3.8, 4) is 16.9 Å². The quantitative estimate of drug-likeness (QED) is 0.397. The number of anilines is 1. The normalized spacial score (nSPS) is 13.3. The summed E-state index contributed by atoms with van der Waals surface area (Å²) in [6.45, 7) is 2.55. The summed E-state index contributed by atoms with van der Waals surface area (Å²) >= 11 is 0. The number of rotatable bonds is 5. The molecule has 1 aliphatic heterocycles. The zero-order chi connectivity index (χ0) is 24.3. The molecule has 0 spiro atoms. The van der Waals surface area contributed by atoms with Gasteiger partial charge in [-0.05, 0) is 31.2 Å². The average molecular weight is 494 g/mol. The Kier molecular flexibility index (Phi) is 4.74. The summed E-state index contributed by atoms with van der Waals surface area (Å²) in [5, 5.41) is 7.31.